The summed E-state index contributed by atoms with van der Waals surface area (Å²) in [4.78, 5) is 2.42. The smallest absolute Gasteiger partial charge is 0.0767 e. The number of hydrogen-bond acceptors (Lipinski definition) is 4. The zero-order valence-corrected chi connectivity index (χ0v) is 10.5. The fourth-order valence-electron chi connectivity index (χ4n) is 2.08. The largest absolute Gasteiger partial charge is 0.389 e. The topological polar surface area (TPSA) is 58.7 Å². The molecule has 1 unspecified atom stereocenters. The van der Waals surface area contributed by atoms with E-state index in [-0.39, 0.29) is 0 Å². The van der Waals surface area contributed by atoms with E-state index in [1.165, 1.54) is 0 Å². The van der Waals surface area contributed by atoms with Gasteiger partial charge in [-0.05, 0) is 32.2 Å². The molecule has 1 fully saturated rings. The Morgan fingerprint density at radius 3 is 2.88 bits per heavy atom. The molecule has 0 bridgehead atoms. The highest BCUT2D eigenvalue weighted by atomic mass is 16.5. The highest BCUT2D eigenvalue weighted by molar-refractivity contribution is 4.78. The van der Waals surface area contributed by atoms with Crippen LogP contribution in [0.15, 0.2) is 0 Å². The predicted molar refractivity (Wildman–Crippen MR) is 65.4 cm³/mol. The van der Waals surface area contributed by atoms with Crippen molar-refractivity contribution in [3.8, 4) is 0 Å². The summed E-state index contributed by atoms with van der Waals surface area (Å²) < 4.78 is 5.40. The zero-order valence-electron chi connectivity index (χ0n) is 10.5. The lowest BCUT2D eigenvalue weighted by Gasteiger charge is -2.26. The predicted octanol–water partition coefficient (Wildman–Crippen LogP) is 0.589. The van der Waals surface area contributed by atoms with E-state index in [9.17, 15) is 5.11 Å². The monoisotopic (exact) mass is 230 g/mol. The summed E-state index contributed by atoms with van der Waals surface area (Å²) in [5.74, 6) is 0. The number of nitrogens with two attached hydrogens (primary N) is 1. The van der Waals surface area contributed by atoms with Crippen molar-refractivity contribution in [2.24, 2.45) is 5.73 Å². The Kier molecular flexibility index (Phi) is 6.28. The fraction of sp³-hybridized carbons (Fsp3) is 1.00. The number of hydrogen-bond donors (Lipinski definition) is 2. The van der Waals surface area contributed by atoms with Crippen LogP contribution < -0.4 is 5.73 Å². The van der Waals surface area contributed by atoms with Crippen molar-refractivity contribution < 1.29 is 9.84 Å². The van der Waals surface area contributed by atoms with Crippen LogP contribution in [0.5, 0.6) is 0 Å². The molecule has 1 aliphatic heterocycles. The third-order valence-corrected chi connectivity index (χ3v) is 3.47. The van der Waals surface area contributed by atoms with Gasteiger partial charge in [-0.3, -0.25) is 0 Å². The first kappa shape index (κ1) is 13.9. The van der Waals surface area contributed by atoms with Crippen molar-refractivity contribution >= 4 is 0 Å². The molecule has 1 heterocycles. The van der Waals surface area contributed by atoms with E-state index in [4.69, 9.17) is 10.5 Å². The van der Waals surface area contributed by atoms with E-state index in [2.05, 4.69) is 4.90 Å². The molecule has 0 aromatic rings. The van der Waals surface area contributed by atoms with Gasteiger partial charge in [0.2, 0.25) is 0 Å². The number of ether oxygens (including phenoxy) is 1. The quantitative estimate of drug-likeness (QED) is 0.701. The molecular formula is C12H26N2O2. The molecule has 16 heavy (non-hydrogen) atoms. The lowest BCUT2D eigenvalue weighted by atomic mass is 9.95. The molecule has 1 rings (SSSR count). The van der Waals surface area contributed by atoms with Crippen LogP contribution in [0.4, 0.5) is 0 Å². The van der Waals surface area contributed by atoms with E-state index in [0.29, 0.717) is 6.54 Å². The minimum absolute atomic E-state index is 0.368. The molecule has 3 N–H and O–H groups in total. The standard InChI is InChI=1S/C12H26N2O2/c1-2-12(15,11-13)5-3-6-14-7-4-9-16-10-8-14/h15H,2-11,13H2,1H3. The number of aliphatic hydroxyl groups is 1. The van der Waals surface area contributed by atoms with Gasteiger partial charge in [-0.25, -0.2) is 0 Å². The molecule has 0 spiro atoms. The van der Waals surface area contributed by atoms with E-state index in [1.807, 2.05) is 6.92 Å². The van der Waals surface area contributed by atoms with Crippen molar-refractivity contribution in [1.82, 2.24) is 4.90 Å². The van der Waals surface area contributed by atoms with Crippen molar-refractivity contribution in [2.75, 3.05) is 39.4 Å². The van der Waals surface area contributed by atoms with Crippen LogP contribution in [0.1, 0.15) is 32.6 Å². The van der Waals surface area contributed by atoms with Gasteiger partial charge in [0.15, 0.2) is 0 Å². The molecule has 0 saturated carbocycles. The molecule has 0 radical (unpaired) electrons. The number of nitrogens with zero attached hydrogens (tertiary/aromatic N) is 1. The Bertz CT molecular complexity index is 176. The van der Waals surface area contributed by atoms with E-state index in [1.54, 1.807) is 0 Å². The maximum Gasteiger partial charge on any atom is 0.0767 e. The van der Waals surface area contributed by atoms with Crippen LogP contribution in [0, 0.1) is 0 Å². The van der Waals surface area contributed by atoms with Gasteiger partial charge < -0.3 is 20.5 Å². The first-order chi connectivity index (χ1) is 7.70. The molecule has 0 aromatic carbocycles. The third kappa shape index (κ3) is 4.78. The maximum atomic E-state index is 10.0. The second-order valence-electron chi connectivity index (χ2n) is 4.69. The molecule has 1 saturated heterocycles. The SMILES string of the molecule is CCC(O)(CN)CCCN1CCCOCC1. The molecule has 96 valence electrons. The van der Waals surface area contributed by atoms with Gasteiger partial charge in [0.25, 0.3) is 0 Å². The van der Waals surface area contributed by atoms with Crippen LogP contribution in [-0.2, 0) is 4.74 Å². The average Bonchev–Trinajstić information content (AvgIpc) is 2.57. The zero-order chi connectivity index (χ0) is 11.9. The first-order valence-electron chi connectivity index (χ1n) is 6.43. The van der Waals surface area contributed by atoms with Crippen LogP contribution >= 0.6 is 0 Å². The van der Waals surface area contributed by atoms with Gasteiger partial charge >= 0.3 is 0 Å². The summed E-state index contributed by atoms with van der Waals surface area (Å²) in [5.41, 5.74) is 4.93. The minimum atomic E-state index is -0.650. The Hall–Kier alpha value is -0.160. The Labute approximate surface area is 98.8 Å². The summed E-state index contributed by atoms with van der Waals surface area (Å²) in [7, 11) is 0. The second kappa shape index (κ2) is 7.22. The minimum Gasteiger partial charge on any atom is -0.389 e. The fourth-order valence-corrected chi connectivity index (χ4v) is 2.08. The Morgan fingerprint density at radius 2 is 2.19 bits per heavy atom. The summed E-state index contributed by atoms with van der Waals surface area (Å²) in [6.07, 6.45) is 3.68. The van der Waals surface area contributed by atoms with Crippen LogP contribution in [-0.4, -0.2) is 55.0 Å². The first-order valence-corrected chi connectivity index (χ1v) is 6.43. The summed E-state index contributed by atoms with van der Waals surface area (Å²) >= 11 is 0. The van der Waals surface area contributed by atoms with Gasteiger partial charge in [-0.15, -0.1) is 0 Å². The van der Waals surface area contributed by atoms with Gasteiger partial charge in [0.1, 0.15) is 0 Å². The van der Waals surface area contributed by atoms with Gasteiger partial charge in [-0.1, -0.05) is 6.92 Å². The molecule has 0 amide bonds. The van der Waals surface area contributed by atoms with Crippen LogP contribution in [0.3, 0.4) is 0 Å². The Morgan fingerprint density at radius 1 is 1.38 bits per heavy atom. The van der Waals surface area contributed by atoms with Crippen molar-refractivity contribution in [1.29, 1.82) is 0 Å². The average molecular weight is 230 g/mol. The highest BCUT2D eigenvalue weighted by Crippen LogP contribution is 2.16. The van der Waals surface area contributed by atoms with Crippen LogP contribution in [0.2, 0.25) is 0 Å². The molecule has 4 nitrogen and oxygen atoms in total. The second-order valence-corrected chi connectivity index (χ2v) is 4.69. The number of rotatable bonds is 6. The third-order valence-electron chi connectivity index (χ3n) is 3.47. The van der Waals surface area contributed by atoms with Gasteiger partial charge in [0.05, 0.1) is 12.2 Å². The van der Waals surface area contributed by atoms with Gasteiger partial charge in [0, 0.05) is 26.2 Å². The van der Waals surface area contributed by atoms with E-state index >= 15 is 0 Å². The van der Waals surface area contributed by atoms with Crippen molar-refractivity contribution in [3.05, 3.63) is 0 Å². The molecule has 1 aliphatic rings. The normalized spacial score (nSPS) is 22.7. The maximum absolute atomic E-state index is 10.0. The molecular weight excluding hydrogens is 204 g/mol. The van der Waals surface area contributed by atoms with Gasteiger partial charge in [-0.2, -0.15) is 0 Å². The molecule has 0 aliphatic carbocycles. The van der Waals surface area contributed by atoms with Crippen LogP contribution in [0.25, 0.3) is 0 Å². The van der Waals surface area contributed by atoms with E-state index < -0.39 is 5.60 Å². The lowest BCUT2D eigenvalue weighted by Crippen LogP contribution is -2.38. The summed E-state index contributed by atoms with van der Waals surface area (Å²) in [6.45, 7) is 7.28. The summed E-state index contributed by atoms with van der Waals surface area (Å²) in [5, 5.41) is 10.0. The van der Waals surface area contributed by atoms with Crippen molar-refractivity contribution in [3.63, 3.8) is 0 Å². The summed E-state index contributed by atoms with van der Waals surface area (Å²) in [6, 6.07) is 0. The molecule has 0 aromatic heterocycles. The van der Waals surface area contributed by atoms with Crippen molar-refractivity contribution in [2.45, 2.75) is 38.2 Å². The highest BCUT2D eigenvalue weighted by Gasteiger charge is 2.22. The Balaban J connectivity index is 2.18. The molecule has 1 atom stereocenters. The molecule has 4 heteroatoms. The lowest BCUT2D eigenvalue weighted by molar-refractivity contribution is 0.0315. The van der Waals surface area contributed by atoms with E-state index in [0.717, 1.165) is 58.5 Å².